The van der Waals surface area contributed by atoms with E-state index in [1.54, 1.807) is 31.2 Å². The minimum Gasteiger partial charge on any atom is -0.349 e. The van der Waals surface area contributed by atoms with Gasteiger partial charge in [0.2, 0.25) is 0 Å². The maximum absolute atomic E-state index is 12.5. The summed E-state index contributed by atoms with van der Waals surface area (Å²) in [5.41, 5.74) is 2.02. The van der Waals surface area contributed by atoms with Gasteiger partial charge >= 0.3 is 0 Å². The third kappa shape index (κ3) is 3.78. The van der Waals surface area contributed by atoms with Gasteiger partial charge in [0.15, 0.2) is 11.7 Å². The molecule has 0 fully saturated rings. The number of nitriles is 1. The standard InChI is InChI=1S/C20H18N4O2/c1-13(22-20(26)14-7-3-2-4-8-14)11-18(25)15(12-21)19-23-16-9-5-6-10-17(16)24-19/h2-10,13,15H,11H2,1H3,(H,22,26)(H,23,24). The van der Waals surface area contributed by atoms with Crippen LogP contribution in [0, 0.1) is 11.3 Å². The van der Waals surface area contributed by atoms with E-state index in [4.69, 9.17) is 0 Å². The molecule has 26 heavy (non-hydrogen) atoms. The van der Waals surface area contributed by atoms with Gasteiger partial charge in [-0.15, -0.1) is 0 Å². The first-order valence-electron chi connectivity index (χ1n) is 8.31. The SMILES string of the molecule is CC(CC(=O)C(C#N)c1nc2ccccc2[nH]1)NC(=O)c1ccccc1. The Morgan fingerprint density at radius 3 is 2.54 bits per heavy atom. The maximum atomic E-state index is 12.5. The second-order valence-electron chi connectivity index (χ2n) is 6.11. The molecule has 0 saturated carbocycles. The van der Waals surface area contributed by atoms with Crippen LogP contribution in [0.5, 0.6) is 0 Å². The number of benzene rings is 2. The zero-order chi connectivity index (χ0) is 18.5. The molecule has 0 saturated heterocycles. The van der Waals surface area contributed by atoms with Crippen molar-refractivity contribution in [3.63, 3.8) is 0 Å². The highest BCUT2D eigenvalue weighted by Crippen LogP contribution is 2.19. The molecule has 130 valence electrons. The van der Waals surface area contributed by atoms with Gasteiger partial charge in [0.25, 0.3) is 5.91 Å². The predicted octanol–water partition coefficient (Wildman–Crippen LogP) is 2.95. The number of Topliss-reactive ketones (excluding diaryl/α,β-unsaturated/α-hetero) is 1. The van der Waals surface area contributed by atoms with Gasteiger partial charge in [-0.2, -0.15) is 5.26 Å². The Hall–Kier alpha value is -3.46. The number of nitrogens with zero attached hydrogens (tertiary/aromatic N) is 2. The number of imidazole rings is 1. The fraction of sp³-hybridized carbons (Fsp3) is 0.200. The Balaban J connectivity index is 1.67. The largest absolute Gasteiger partial charge is 0.349 e. The Morgan fingerprint density at radius 1 is 1.15 bits per heavy atom. The molecule has 0 spiro atoms. The van der Waals surface area contributed by atoms with Crippen molar-refractivity contribution in [3.8, 4) is 6.07 Å². The summed E-state index contributed by atoms with van der Waals surface area (Å²) >= 11 is 0. The first kappa shape index (κ1) is 17.4. The van der Waals surface area contributed by atoms with Crippen LogP contribution in [0.2, 0.25) is 0 Å². The van der Waals surface area contributed by atoms with Crippen LogP contribution < -0.4 is 5.32 Å². The Kier molecular flexibility index (Phi) is 5.09. The molecular formula is C20H18N4O2. The highest BCUT2D eigenvalue weighted by Gasteiger charge is 2.25. The van der Waals surface area contributed by atoms with Crippen molar-refractivity contribution in [2.45, 2.75) is 25.3 Å². The lowest BCUT2D eigenvalue weighted by Gasteiger charge is -2.14. The second-order valence-corrected chi connectivity index (χ2v) is 6.11. The molecule has 6 nitrogen and oxygen atoms in total. The molecule has 2 unspecified atom stereocenters. The average molecular weight is 346 g/mol. The van der Waals surface area contributed by atoms with E-state index < -0.39 is 12.0 Å². The number of aromatic nitrogens is 2. The fourth-order valence-electron chi connectivity index (χ4n) is 2.76. The smallest absolute Gasteiger partial charge is 0.251 e. The number of nitrogens with one attached hydrogen (secondary N) is 2. The minimum atomic E-state index is -0.988. The van der Waals surface area contributed by atoms with Crippen molar-refractivity contribution in [2.24, 2.45) is 0 Å². The van der Waals surface area contributed by atoms with Gasteiger partial charge in [0.1, 0.15) is 5.82 Å². The number of H-pyrrole nitrogens is 1. The van der Waals surface area contributed by atoms with Crippen LogP contribution in [-0.4, -0.2) is 27.7 Å². The molecule has 3 rings (SSSR count). The Bertz CT molecular complexity index is 939. The van der Waals surface area contributed by atoms with Crippen molar-refractivity contribution in [3.05, 3.63) is 66.0 Å². The molecule has 0 bridgehead atoms. The quantitative estimate of drug-likeness (QED) is 0.717. The summed E-state index contributed by atoms with van der Waals surface area (Å²) in [7, 11) is 0. The lowest BCUT2D eigenvalue weighted by Crippen LogP contribution is -2.35. The monoisotopic (exact) mass is 346 g/mol. The molecular weight excluding hydrogens is 328 g/mol. The molecule has 1 heterocycles. The van der Waals surface area contributed by atoms with Crippen LogP contribution in [0.3, 0.4) is 0 Å². The van der Waals surface area contributed by atoms with E-state index in [1.807, 2.05) is 36.4 Å². The van der Waals surface area contributed by atoms with Gasteiger partial charge < -0.3 is 10.3 Å². The third-order valence-corrected chi connectivity index (χ3v) is 4.05. The highest BCUT2D eigenvalue weighted by molar-refractivity contribution is 5.95. The third-order valence-electron chi connectivity index (χ3n) is 4.05. The maximum Gasteiger partial charge on any atom is 0.251 e. The van der Waals surface area contributed by atoms with Gasteiger partial charge in [-0.1, -0.05) is 30.3 Å². The molecule has 0 aliphatic heterocycles. The Labute approximate surface area is 150 Å². The molecule has 2 atom stereocenters. The highest BCUT2D eigenvalue weighted by atomic mass is 16.2. The normalized spacial score (nSPS) is 12.9. The number of para-hydroxylation sites is 2. The summed E-state index contributed by atoms with van der Waals surface area (Å²) in [5.74, 6) is -1.19. The van der Waals surface area contributed by atoms with Crippen molar-refractivity contribution < 1.29 is 9.59 Å². The van der Waals surface area contributed by atoms with Crippen molar-refractivity contribution >= 4 is 22.7 Å². The molecule has 1 amide bonds. The number of fused-ring (bicyclic) bond motifs is 1. The fourth-order valence-corrected chi connectivity index (χ4v) is 2.76. The van der Waals surface area contributed by atoms with Crippen molar-refractivity contribution in [2.75, 3.05) is 0 Å². The number of carbonyl (C=O) groups excluding carboxylic acids is 2. The molecule has 2 N–H and O–H groups in total. The van der Waals surface area contributed by atoms with E-state index in [1.165, 1.54) is 0 Å². The van der Waals surface area contributed by atoms with Crippen LogP contribution in [0.25, 0.3) is 11.0 Å². The van der Waals surface area contributed by atoms with Gasteiger partial charge in [0.05, 0.1) is 17.1 Å². The number of amides is 1. The van der Waals surface area contributed by atoms with Crippen molar-refractivity contribution in [1.82, 2.24) is 15.3 Å². The van der Waals surface area contributed by atoms with Crippen LogP contribution in [0.4, 0.5) is 0 Å². The number of hydrogen-bond acceptors (Lipinski definition) is 4. The lowest BCUT2D eigenvalue weighted by molar-refractivity contribution is -0.119. The predicted molar refractivity (Wildman–Crippen MR) is 97.4 cm³/mol. The second kappa shape index (κ2) is 7.62. The number of aromatic amines is 1. The minimum absolute atomic E-state index is 0.0494. The van der Waals surface area contributed by atoms with E-state index >= 15 is 0 Å². The number of carbonyl (C=O) groups is 2. The van der Waals surface area contributed by atoms with Gasteiger partial charge in [-0.3, -0.25) is 9.59 Å². The number of hydrogen-bond donors (Lipinski definition) is 2. The van der Waals surface area contributed by atoms with E-state index in [9.17, 15) is 14.9 Å². The van der Waals surface area contributed by atoms with E-state index in [-0.39, 0.29) is 18.1 Å². The lowest BCUT2D eigenvalue weighted by atomic mass is 9.99. The molecule has 0 radical (unpaired) electrons. The average Bonchev–Trinajstić information content (AvgIpc) is 3.06. The van der Waals surface area contributed by atoms with Gasteiger partial charge in [-0.25, -0.2) is 4.98 Å². The number of rotatable bonds is 6. The summed E-state index contributed by atoms with van der Waals surface area (Å²) in [4.78, 5) is 32.1. The van der Waals surface area contributed by atoms with E-state index in [0.29, 0.717) is 16.9 Å². The summed E-state index contributed by atoms with van der Waals surface area (Å²) in [6.45, 7) is 1.74. The van der Waals surface area contributed by atoms with Crippen molar-refractivity contribution in [1.29, 1.82) is 5.26 Å². The topological polar surface area (TPSA) is 98.6 Å². The van der Waals surface area contributed by atoms with Crippen LogP contribution in [0.15, 0.2) is 54.6 Å². The summed E-state index contributed by atoms with van der Waals surface area (Å²) in [6.07, 6.45) is 0.0494. The molecule has 2 aromatic carbocycles. The molecule has 0 aliphatic carbocycles. The molecule has 1 aromatic heterocycles. The molecule has 3 aromatic rings. The van der Waals surface area contributed by atoms with Gasteiger partial charge in [0, 0.05) is 18.0 Å². The molecule has 6 heteroatoms. The van der Waals surface area contributed by atoms with Gasteiger partial charge in [-0.05, 0) is 31.2 Å². The zero-order valence-electron chi connectivity index (χ0n) is 14.3. The summed E-state index contributed by atoms with van der Waals surface area (Å²) < 4.78 is 0. The Morgan fingerprint density at radius 2 is 1.85 bits per heavy atom. The van der Waals surface area contributed by atoms with E-state index in [2.05, 4.69) is 15.3 Å². The van der Waals surface area contributed by atoms with Crippen LogP contribution in [0.1, 0.15) is 35.4 Å². The first-order valence-corrected chi connectivity index (χ1v) is 8.31. The molecule has 0 aliphatic rings. The first-order chi connectivity index (χ1) is 12.6. The van der Waals surface area contributed by atoms with Crippen LogP contribution >= 0.6 is 0 Å². The zero-order valence-corrected chi connectivity index (χ0v) is 14.3. The van der Waals surface area contributed by atoms with Crippen LogP contribution in [-0.2, 0) is 4.79 Å². The summed E-state index contributed by atoms with van der Waals surface area (Å²) in [5, 5.41) is 12.2. The number of ketones is 1. The van der Waals surface area contributed by atoms with E-state index in [0.717, 1.165) is 5.52 Å². The summed E-state index contributed by atoms with van der Waals surface area (Å²) in [6, 6.07) is 17.8.